The summed E-state index contributed by atoms with van der Waals surface area (Å²) in [4.78, 5) is 29.9. The third-order valence-corrected chi connectivity index (χ3v) is 5.48. The number of nitrogens with zero attached hydrogens (tertiary/aromatic N) is 4. The number of primary amides is 1. The number of anilines is 1. The predicted octanol–water partition coefficient (Wildman–Crippen LogP) is 4.00. The van der Waals surface area contributed by atoms with Gasteiger partial charge in [-0.05, 0) is 55.6 Å². The Hall–Kier alpha value is -3.85. The molecular formula is C22H20N6O2S. The summed E-state index contributed by atoms with van der Waals surface area (Å²) in [5, 5.41) is 13.6. The van der Waals surface area contributed by atoms with Crippen molar-refractivity contribution in [3.63, 3.8) is 0 Å². The zero-order chi connectivity index (χ0) is 22.0. The maximum atomic E-state index is 13.0. The van der Waals surface area contributed by atoms with Gasteiger partial charge >= 0.3 is 0 Å². The zero-order valence-electron chi connectivity index (χ0n) is 16.9. The number of pyridine rings is 1. The van der Waals surface area contributed by atoms with E-state index < -0.39 is 5.91 Å². The lowest BCUT2D eigenvalue weighted by Gasteiger charge is -2.14. The lowest BCUT2D eigenvalue weighted by Crippen LogP contribution is -2.18. The van der Waals surface area contributed by atoms with Gasteiger partial charge in [0.05, 0.1) is 10.7 Å². The summed E-state index contributed by atoms with van der Waals surface area (Å²) in [6, 6.07) is 14.0. The first-order valence-corrected chi connectivity index (χ1v) is 10.5. The van der Waals surface area contributed by atoms with Crippen LogP contribution in [-0.4, -0.2) is 31.6 Å². The fourth-order valence-corrected chi connectivity index (χ4v) is 3.87. The number of nitrogens with one attached hydrogen (secondary N) is 1. The van der Waals surface area contributed by atoms with Crippen LogP contribution < -0.4 is 11.1 Å². The summed E-state index contributed by atoms with van der Waals surface area (Å²) < 4.78 is 1.90. The molecule has 3 heterocycles. The molecule has 0 radical (unpaired) electrons. The number of amides is 2. The van der Waals surface area contributed by atoms with Crippen molar-refractivity contribution < 1.29 is 9.59 Å². The van der Waals surface area contributed by atoms with E-state index in [-0.39, 0.29) is 17.5 Å². The normalized spacial score (nSPS) is 10.9. The van der Waals surface area contributed by atoms with E-state index in [1.54, 1.807) is 42.7 Å². The second-order valence-electron chi connectivity index (χ2n) is 7.09. The van der Waals surface area contributed by atoms with Gasteiger partial charge in [-0.1, -0.05) is 12.1 Å². The van der Waals surface area contributed by atoms with E-state index in [0.717, 1.165) is 0 Å². The van der Waals surface area contributed by atoms with Gasteiger partial charge in [-0.15, -0.1) is 21.5 Å². The number of benzene rings is 1. The molecule has 4 aromatic rings. The van der Waals surface area contributed by atoms with E-state index in [9.17, 15) is 9.59 Å². The molecule has 0 fully saturated rings. The average Bonchev–Trinajstić information content (AvgIpc) is 3.45. The first-order chi connectivity index (χ1) is 15.0. The summed E-state index contributed by atoms with van der Waals surface area (Å²) >= 11 is 1.41. The molecule has 0 saturated carbocycles. The van der Waals surface area contributed by atoms with E-state index in [0.29, 0.717) is 33.3 Å². The van der Waals surface area contributed by atoms with Crippen molar-refractivity contribution in [3.8, 4) is 22.8 Å². The quantitative estimate of drug-likeness (QED) is 0.478. The van der Waals surface area contributed by atoms with Gasteiger partial charge in [-0.3, -0.25) is 9.59 Å². The van der Waals surface area contributed by atoms with Crippen molar-refractivity contribution in [1.29, 1.82) is 0 Å². The molecule has 0 spiro atoms. The average molecular weight is 433 g/mol. The van der Waals surface area contributed by atoms with E-state index in [2.05, 4.69) is 15.5 Å². The fraction of sp³-hybridized carbons (Fsp3) is 0.136. The molecule has 0 unspecified atom stereocenters. The van der Waals surface area contributed by atoms with Crippen LogP contribution in [0.4, 0.5) is 5.00 Å². The Bertz CT molecular complexity index is 1250. The third kappa shape index (κ3) is 4.08. The number of aromatic nitrogens is 4. The lowest BCUT2D eigenvalue weighted by atomic mass is 9.96. The molecule has 3 N–H and O–H groups in total. The van der Waals surface area contributed by atoms with Gasteiger partial charge in [0.25, 0.3) is 5.91 Å². The largest absolute Gasteiger partial charge is 0.366 e. The first kappa shape index (κ1) is 20.4. The maximum Gasteiger partial charge on any atom is 0.256 e. The van der Waals surface area contributed by atoms with Gasteiger partial charge in [-0.25, -0.2) is 4.98 Å². The van der Waals surface area contributed by atoms with Crippen LogP contribution in [0.5, 0.6) is 0 Å². The molecule has 3 aromatic heterocycles. The van der Waals surface area contributed by atoms with Crippen LogP contribution in [0.15, 0.2) is 60.2 Å². The monoisotopic (exact) mass is 432 g/mol. The Morgan fingerprint density at radius 1 is 1.03 bits per heavy atom. The lowest BCUT2D eigenvalue weighted by molar-refractivity contribution is 0.100. The van der Waals surface area contributed by atoms with Crippen LogP contribution in [0.25, 0.3) is 22.8 Å². The van der Waals surface area contributed by atoms with Gasteiger partial charge in [0.15, 0.2) is 5.82 Å². The fourth-order valence-electron chi connectivity index (χ4n) is 3.25. The maximum absolute atomic E-state index is 13.0. The predicted molar refractivity (Wildman–Crippen MR) is 120 cm³/mol. The molecule has 31 heavy (non-hydrogen) atoms. The third-order valence-electron chi connectivity index (χ3n) is 4.70. The molecule has 0 aliphatic carbocycles. The van der Waals surface area contributed by atoms with Crippen molar-refractivity contribution in [3.05, 3.63) is 71.4 Å². The van der Waals surface area contributed by atoms with Gasteiger partial charge in [0.2, 0.25) is 5.91 Å². The number of carbonyl (C=O) groups is 2. The minimum absolute atomic E-state index is 0.139. The Labute approximate surface area is 182 Å². The Balaban J connectivity index is 1.84. The van der Waals surface area contributed by atoms with Crippen molar-refractivity contribution >= 4 is 28.2 Å². The Kier molecular flexibility index (Phi) is 5.59. The zero-order valence-corrected chi connectivity index (χ0v) is 17.8. The number of hydrogen-bond acceptors (Lipinski definition) is 6. The highest BCUT2D eigenvalue weighted by atomic mass is 32.1. The number of rotatable bonds is 6. The second-order valence-corrected chi connectivity index (χ2v) is 8.04. The number of nitrogens with two attached hydrogens (primary N) is 1. The number of hydrogen-bond donors (Lipinski definition) is 2. The van der Waals surface area contributed by atoms with E-state index in [1.807, 2.05) is 35.9 Å². The Morgan fingerprint density at radius 2 is 1.77 bits per heavy atom. The van der Waals surface area contributed by atoms with Crippen LogP contribution in [0, 0.1) is 0 Å². The van der Waals surface area contributed by atoms with Crippen molar-refractivity contribution in [2.75, 3.05) is 5.32 Å². The molecule has 1 aromatic carbocycles. The number of carbonyl (C=O) groups excluding carboxylic acids is 2. The molecule has 0 bridgehead atoms. The SMILES string of the molecule is CC(C)n1cnnc1-c1cccc(-c2c(C(N)=O)cccc2C(=O)Nc2cccs2)n1. The summed E-state index contributed by atoms with van der Waals surface area (Å²) in [6.07, 6.45) is 1.64. The van der Waals surface area contributed by atoms with Crippen LogP contribution in [0.1, 0.15) is 40.6 Å². The highest BCUT2D eigenvalue weighted by molar-refractivity contribution is 7.14. The highest BCUT2D eigenvalue weighted by Gasteiger charge is 2.21. The molecule has 0 aliphatic heterocycles. The first-order valence-electron chi connectivity index (χ1n) is 9.60. The molecule has 156 valence electrons. The summed E-state index contributed by atoms with van der Waals surface area (Å²) in [5.74, 6) is -0.394. The Morgan fingerprint density at radius 3 is 2.48 bits per heavy atom. The van der Waals surface area contributed by atoms with E-state index >= 15 is 0 Å². The molecule has 0 aliphatic rings. The summed E-state index contributed by atoms with van der Waals surface area (Å²) in [6.45, 7) is 4.04. The van der Waals surface area contributed by atoms with Gasteiger partial charge < -0.3 is 15.6 Å². The van der Waals surface area contributed by atoms with E-state index in [1.165, 1.54) is 11.3 Å². The van der Waals surface area contributed by atoms with Gasteiger partial charge in [0, 0.05) is 22.7 Å². The van der Waals surface area contributed by atoms with Crippen LogP contribution in [0.2, 0.25) is 0 Å². The van der Waals surface area contributed by atoms with Gasteiger partial charge in [0.1, 0.15) is 12.0 Å². The van der Waals surface area contributed by atoms with Gasteiger partial charge in [-0.2, -0.15) is 0 Å². The van der Waals surface area contributed by atoms with Crippen molar-refractivity contribution in [2.24, 2.45) is 5.73 Å². The smallest absolute Gasteiger partial charge is 0.256 e. The molecule has 0 saturated heterocycles. The topological polar surface area (TPSA) is 116 Å². The molecule has 0 atom stereocenters. The van der Waals surface area contributed by atoms with Crippen LogP contribution >= 0.6 is 11.3 Å². The highest BCUT2D eigenvalue weighted by Crippen LogP contribution is 2.30. The van der Waals surface area contributed by atoms with Crippen LogP contribution in [0.3, 0.4) is 0 Å². The molecule has 4 rings (SSSR count). The van der Waals surface area contributed by atoms with Crippen molar-refractivity contribution in [1.82, 2.24) is 19.7 Å². The minimum atomic E-state index is -0.640. The minimum Gasteiger partial charge on any atom is -0.366 e. The van der Waals surface area contributed by atoms with Crippen molar-refractivity contribution in [2.45, 2.75) is 19.9 Å². The molecule has 8 nitrogen and oxygen atoms in total. The summed E-state index contributed by atoms with van der Waals surface area (Å²) in [5.41, 5.74) is 7.55. The molecular weight excluding hydrogens is 412 g/mol. The molecule has 2 amide bonds. The standard InChI is InChI=1S/C22H20N6O2S/c1-13(2)28-12-24-27-21(28)17-9-4-8-16(25-17)19-14(20(23)29)6-3-7-15(19)22(30)26-18-10-5-11-31-18/h3-13H,1-2H3,(H2,23,29)(H,26,30). The summed E-state index contributed by atoms with van der Waals surface area (Å²) in [7, 11) is 0. The number of thiophene rings is 1. The second kappa shape index (κ2) is 8.49. The van der Waals surface area contributed by atoms with Crippen LogP contribution in [-0.2, 0) is 0 Å². The molecule has 9 heteroatoms. The van der Waals surface area contributed by atoms with E-state index in [4.69, 9.17) is 10.7 Å².